The van der Waals surface area contributed by atoms with Gasteiger partial charge >= 0.3 is 11.9 Å². The molecule has 9 rings (SSSR count). The van der Waals surface area contributed by atoms with Crippen molar-refractivity contribution in [1.82, 2.24) is 18.2 Å². The number of carboxylic acid groups (broad SMARTS) is 2. The maximum absolute atomic E-state index is 13.8. The molecule has 0 saturated carbocycles. The van der Waals surface area contributed by atoms with Crippen LogP contribution in [0, 0.1) is 13.8 Å². The van der Waals surface area contributed by atoms with Gasteiger partial charge in [0.25, 0.3) is 11.8 Å². The van der Waals surface area contributed by atoms with Gasteiger partial charge in [0.1, 0.15) is 24.7 Å². The molecule has 0 aliphatic rings. The number of rotatable bonds is 22. The fourth-order valence-electron chi connectivity index (χ4n) is 9.07. The third-order valence-electron chi connectivity index (χ3n) is 13.1. The first-order valence-electron chi connectivity index (χ1n) is 24.9. The van der Waals surface area contributed by atoms with Crippen molar-refractivity contribution < 1.29 is 65.3 Å². The minimum atomic E-state index is -4.27. The monoisotopic (exact) mass is 1150 g/mol. The van der Waals surface area contributed by atoms with Crippen LogP contribution in [0.1, 0.15) is 84.7 Å². The van der Waals surface area contributed by atoms with E-state index in [0.717, 1.165) is 6.07 Å². The number of pyridine rings is 2. The number of hydrogen-bond donors (Lipinski definition) is 8. The molecule has 24 heteroatoms. The molecule has 10 N–H and O–H groups in total. The number of carbonyl (C=O) groups excluding carboxylic acids is 4. The summed E-state index contributed by atoms with van der Waals surface area (Å²) in [5, 5.41) is 24.9. The Kier molecular flexibility index (Phi) is 16.1. The number of carboxylic acids is 2. The minimum Gasteiger partial charge on any atom is -0.492 e. The zero-order valence-electron chi connectivity index (χ0n) is 43.5. The maximum Gasteiger partial charge on any atom is 0.337 e. The molecular formula is C58H50N8O14S2. The highest BCUT2D eigenvalue weighted by atomic mass is 32.2. The molecule has 0 spiro atoms. The van der Waals surface area contributed by atoms with Crippen LogP contribution in [-0.2, 0) is 20.0 Å². The van der Waals surface area contributed by atoms with Gasteiger partial charge in [-0.05, 0) is 129 Å². The standard InChI is InChI=1S/C58H50N8O14S2/c1-33-49(47-16-3-5-24-65(47)51(33)53(67)35-18-20-45(59)43(30-35)57(71)72)63-55(69)37-10-7-12-39(28-37)79-26-22-61-81(75,76)41-14-9-15-42(32-41)82(77,78)62-23-27-80-40-13-8-11-38(29-40)56(70)64-50-34(2)52(66-25-6-4-17-48(50)66)54(68)36-19-21-46(60)44(31-36)58(73)74/h3-21,24-25,28-32,61-62H,22-23,26-27,59-60H2,1-2H3,(H,63,69)(H,64,70)(H,71,72)(H,73,74). The van der Waals surface area contributed by atoms with Gasteiger partial charge < -0.3 is 50.6 Å². The van der Waals surface area contributed by atoms with Gasteiger partial charge in [0.15, 0.2) is 0 Å². The molecule has 22 nitrogen and oxygen atoms in total. The highest BCUT2D eigenvalue weighted by Crippen LogP contribution is 2.33. The molecule has 0 aliphatic heterocycles. The number of amides is 2. The number of hydrogen-bond acceptors (Lipinski definition) is 14. The SMILES string of the molecule is Cc1c(NC(=O)c2cccc(OCCNS(=O)(=O)c3cccc(S(=O)(=O)NCCOc4cccc(C(=O)Nc5c(C)c(C(=O)c6ccc(N)c(C(=O)O)c6)n6ccccc56)c4)c3)c2)c2ccccn2c1C(=O)c1ccc(N)c(C(=O)O)c1. The van der Waals surface area contributed by atoms with Crippen molar-refractivity contribution in [3.05, 3.63) is 214 Å². The number of ether oxygens (including phenoxy) is 2. The molecule has 0 radical (unpaired) electrons. The number of nitrogens with one attached hydrogen (secondary N) is 4. The van der Waals surface area contributed by atoms with Crippen LogP contribution < -0.4 is 41.0 Å². The molecule has 4 aromatic heterocycles. The van der Waals surface area contributed by atoms with Crippen molar-refractivity contribution in [3.8, 4) is 11.5 Å². The summed E-state index contributed by atoms with van der Waals surface area (Å²) in [6, 6.07) is 35.1. The average molecular weight is 1150 g/mol. The van der Waals surface area contributed by atoms with E-state index in [1.54, 1.807) is 95.7 Å². The number of carbonyl (C=O) groups is 6. The first-order chi connectivity index (χ1) is 39.1. The number of aromatic nitrogens is 2. The van der Waals surface area contributed by atoms with Gasteiger partial charge in [-0.25, -0.2) is 35.9 Å². The zero-order valence-corrected chi connectivity index (χ0v) is 45.1. The third-order valence-corrected chi connectivity index (χ3v) is 16.0. The van der Waals surface area contributed by atoms with E-state index in [1.807, 2.05) is 0 Å². The van der Waals surface area contributed by atoms with Crippen LogP contribution >= 0.6 is 0 Å². The summed E-state index contributed by atoms with van der Waals surface area (Å²) in [6.45, 7) is 2.41. The first-order valence-corrected chi connectivity index (χ1v) is 27.8. The topological polar surface area (TPSA) is 339 Å². The molecule has 0 aliphatic carbocycles. The molecule has 2 amide bonds. The van der Waals surface area contributed by atoms with Crippen LogP contribution in [0.25, 0.3) is 11.0 Å². The fourth-order valence-corrected chi connectivity index (χ4v) is 11.3. The lowest BCUT2D eigenvalue weighted by Gasteiger charge is -2.12. The number of nitrogens with zero attached hydrogens (tertiary/aromatic N) is 2. The average Bonchev–Trinajstić information content (AvgIpc) is 3.08. The molecule has 0 atom stereocenters. The quantitative estimate of drug-likeness (QED) is 0.0191. The van der Waals surface area contributed by atoms with Gasteiger partial charge in [0.2, 0.25) is 31.6 Å². The summed E-state index contributed by atoms with van der Waals surface area (Å²) in [6.07, 6.45) is 3.28. The summed E-state index contributed by atoms with van der Waals surface area (Å²) < 4.78 is 72.9. The molecule has 9 aromatic rings. The normalized spacial score (nSPS) is 11.5. The highest BCUT2D eigenvalue weighted by Gasteiger charge is 2.27. The van der Waals surface area contributed by atoms with Crippen molar-refractivity contribution in [2.75, 3.05) is 48.4 Å². The molecular weight excluding hydrogens is 1100 g/mol. The Balaban J connectivity index is 0.773. The summed E-state index contributed by atoms with van der Waals surface area (Å²) in [5.74, 6) is -4.25. The predicted octanol–water partition coefficient (Wildman–Crippen LogP) is 7.05. The van der Waals surface area contributed by atoms with Crippen molar-refractivity contribution in [2.45, 2.75) is 23.6 Å². The van der Waals surface area contributed by atoms with Gasteiger partial charge in [-0.2, -0.15) is 0 Å². The van der Waals surface area contributed by atoms with Crippen molar-refractivity contribution in [3.63, 3.8) is 0 Å². The van der Waals surface area contributed by atoms with Gasteiger partial charge in [-0.3, -0.25) is 19.2 Å². The van der Waals surface area contributed by atoms with Crippen LogP contribution in [-0.4, -0.2) is 97.5 Å². The maximum atomic E-state index is 13.8. The Labute approximate surface area is 468 Å². The Bertz CT molecular complexity index is 4060. The van der Waals surface area contributed by atoms with E-state index in [4.69, 9.17) is 20.9 Å². The second-order valence-electron chi connectivity index (χ2n) is 18.4. The van der Waals surface area contributed by atoms with Gasteiger partial charge in [-0.1, -0.05) is 30.3 Å². The highest BCUT2D eigenvalue weighted by molar-refractivity contribution is 7.90. The Hall–Kier alpha value is -10.1. The number of nitrogens with two attached hydrogens (primary N) is 2. The van der Waals surface area contributed by atoms with E-state index in [0.29, 0.717) is 33.5 Å². The molecule has 82 heavy (non-hydrogen) atoms. The second kappa shape index (κ2) is 23.3. The molecule has 418 valence electrons. The van der Waals surface area contributed by atoms with E-state index in [-0.39, 0.29) is 104 Å². The number of benzene rings is 5. The summed E-state index contributed by atoms with van der Waals surface area (Å²) in [4.78, 5) is 77.8. The zero-order chi connectivity index (χ0) is 58.6. The Morgan fingerprint density at radius 3 is 1.29 bits per heavy atom. The minimum absolute atomic E-state index is 0.00341. The Morgan fingerprint density at radius 1 is 0.488 bits per heavy atom. The van der Waals surface area contributed by atoms with Crippen molar-refractivity contribution in [1.29, 1.82) is 0 Å². The van der Waals surface area contributed by atoms with Gasteiger partial charge in [0.05, 0.1) is 54.7 Å². The summed E-state index contributed by atoms with van der Waals surface area (Å²) in [7, 11) is -8.54. The van der Waals surface area contributed by atoms with Crippen LogP contribution in [0.15, 0.2) is 168 Å². The molecule has 0 unspecified atom stereocenters. The molecule has 0 saturated heterocycles. The third kappa shape index (κ3) is 11.8. The number of nitrogen functional groups attached to an aromatic ring is 2. The smallest absolute Gasteiger partial charge is 0.337 e. The lowest BCUT2D eigenvalue weighted by molar-refractivity contribution is 0.0687. The lowest BCUT2D eigenvalue weighted by Crippen LogP contribution is -2.30. The van der Waals surface area contributed by atoms with E-state index >= 15 is 0 Å². The Morgan fingerprint density at radius 2 is 0.890 bits per heavy atom. The molecule has 0 fully saturated rings. The fraction of sp³-hybridized carbons (Fsp3) is 0.103. The molecule has 5 aromatic carbocycles. The van der Waals surface area contributed by atoms with E-state index < -0.39 is 55.4 Å². The number of ketones is 2. The number of anilines is 4. The first kappa shape index (κ1) is 56.6. The van der Waals surface area contributed by atoms with E-state index in [9.17, 15) is 55.8 Å². The summed E-state index contributed by atoms with van der Waals surface area (Å²) >= 11 is 0. The van der Waals surface area contributed by atoms with Crippen LogP contribution in [0.5, 0.6) is 11.5 Å². The number of sulfonamides is 2. The largest absolute Gasteiger partial charge is 0.492 e. The lowest BCUT2D eigenvalue weighted by atomic mass is 10.0. The van der Waals surface area contributed by atoms with Crippen molar-refractivity contribution >= 4 is 89.1 Å². The van der Waals surface area contributed by atoms with E-state index in [1.165, 1.54) is 78.9 Å². The predicted molar refractivity (Wildman–Crippen MR) is 303 cm³/mol. The number of fused-ring (bicyclic) bond motifs is 2. The van der Waals surface area contributed by atoms with Crippen LogP contribution in [0.4, 0.5) is 22.7 Å². The molecule has 0 bridgehead atoms. The van der Waals surface area contributed by atoms with E-state index in [2.05, 4.69) is 20.1 Å². The van der Waals surface area contributed by atoms with Gasteiger partial charge in [0, 0.05) is 70.2 Å². The van der Waals surface area contributed by atoms with Crippen LogP contribution in [0.2, 0.25) is 0 Å². The second-order valence-corrected chi connectivity index (χ2v) is 21.9. The number of aromatic carboxylic acids is 2. The van der Waals surface area contributed by atoms with Gasteiger partial charge in [-0.15, -0.1) is 0 Å². The van der Waals surface area contributed by atoms with Crippen LogP contribution in [0.3, 0.4) is 0 Å². The molecule has 4 heterocycles. The summed E-state index contributed by atoms with van der Waals surface area (Å²) in [5.41, 5.74) is 14.5. The van der Waals surface area contributed by atoms with Crippen molar-refractivity contribution in [2.24, 2.45) is 0 Å².